The largest absolute Gasteiger partial charge is 0.417 e. The Balaban J connectivity index is 1.74. The van der Waals surface area contributed by atoms with Crippen LogP contribution in [0.25, 0.3) is 11.3 Å². The summed E-state index contributed by atoms with van der Waals surface area (Å²) in [7, 11) is 0. The first kappa shape index (κ1) is 20.0. The van der Waals surface area contributed by atoms with Crippen LogP contribution in [-0.2, 0) is 6.18 Å². The van der Waals surface area contributed by atoms with Crippen LogP contribution in [0.3, 0.4) is 0 Å². The predicted molar refractivity (Wildman–Crippen MR) is 97.3 cm³/mol. The Morgan fingerprint density at radius 1 is 1.04 bits per heavy atom. The minimum Gasteiger partial charge on any atom is -0.387 e. The number of aromatic nitrogens is 2. The van der Waals surface area contributed by atoms with Crippen LogP contribution in [0.15, 0.2) is 54.9 Å². The number of aliphatic hydroxyl groups excluding tert-OH is 1. The van der Waals surface area contributed by atoms with Gasteiger partial charge in [-0.3, -0.25) is 0 Å². The summed E-state index contributed by atoms with van der Waals surface area (Å²) in [6, 6.07) is 10.3. The van der Waals surface area contributed by atoms with Crippen molar-refractivity contribution in [1.29, 1.82) is 0 Å². The highest BCUT2D eigenvalue weighted by molar-refractivity contribution is 6.31. The van der Waals surface area contributed by atoms with E-state index in [1.165, 1.54) is 48.8 Å². The van der Waals surface area contributed by atoms with Crippen molar-refractivity contribution in [2.24, 2.45) is 0 Å². The van der Waals surface area contributed by atoms with Crippen molar-refractivity contribution >= 4 is 17.4 Å². The minimum absolute atomic E-state index is 0.0931. The van der Waals surface area contributed by atoms with Gasteiger partial charge in [-0.2, -0.15) is 13.2 Å². The third-order valence-electron chi connectivity index (χ3n) is 3.97. The van der Waals surface area contributed by atoms with E-state index >= 15 is 0 Å². The quantitative estimate of drug-likeness (QED) is 0.573. The van der Waals surface area contributed by atoms with Gasteiger partial charge < -0.3 is 10.4 Å². The van der Waals surface area contributed by atoms with Crippen LogP contribution in [0.4, 0.5) is 23.4 Å². The number of nitrogens with one attached hydrogen (secondary N) is 1. The van der Waals surface area contributed by atoms with Gasteiger partial charge in [0.15, 0.2) is 0 Å². The molecule has 0 aliphatic rings. The summed E-state index contributed by atoms with van der Waals surface area (Å²) in [5.41, 5.74) is 0.359. The Bertz CT molecular complexity index is 964. The molecule has 2 N–H and O–H groups in total. The molecule has 1 unspecified atom stereocenters. The highest BCUT2D eigenvalue weighted by Crippen LogP contribution is 2.36. The van der Waals surface area contributed by atoms with Crippen LogP contribution >= 0.6 is 11.6 Å². The summed E-state index contributed by atoms with van der Waals surface area (Å²) in [5.74, 6) is -0.0401. The molecule has 3 rings (SSSR count). The Morgan fingerprint density at radius 3 is 2.39 bits per heavy atom. The molecule has 1 atom stereocenters. The topological polar surface area (TPSA) is 58.0 Å². The standard InChI is InChI=1S/C19H14ClF4N3O/c20-15-7-12(3-6-14(15)19(22,23)24)16-8-18(27-10-26-16)25-9-17(28)11-1-4-13(21)5-2-11/h1-8,10,17,28H,9H2,(H,25,26,27). The molecule has 0 aliphatic carbocycles. The van der Waals surface area contributed by atoms with E-state index < -0.39 is 28.7 Å². The van der Waals surface area contributed by atoms with Gasteiger partial charge in [0.25, 0.3) is 0 Å². The zero-order valence-electron chi connectivity index (χ0n) is 14.2. The average Bonchev–Trinajstić information content (AvgIpc) is 2.66. The summed E-state index contributed by atoms with van der Waals surface area (Å²) >= 11 is 5.75. The summed E-state index contributed by atoms with van der Waals surface area (Å²) in [6.45, 7) is 0.0931. The molecule has 0 bridgehead atoms. The van der Waals surface area contributed by atoms with Gasteiger partial charge in [-0.1, -0.05) is 29.8 Å². The maximum Gasteiger partial charge on any atom is 0.417 e. The molecular weight excluding hydrogens is 398 g/mol. The van der Waals surface area contributed by atoms with Crippen LogP contribution in [-0.4, -0.2) is 21.6 Å². The van der Waals surface area contributed by atoms with E-state index in [1.54, 1.807) is 0 Å². The number of aliphatic hydroxyl groups is 1. The number of nitrogens with zero attached hydrogens (tertiary/aromatic N) is 2. The lowest BCUT2D eigenvalue weighted by Crippen LogP contribution is -2.13. The second-order valence-electron chi connectivity index (χ2n) is 5.93. The van der Waals surface area contributed by atoms with Crippen molar-refractivity contribution in [1.82, 2.24) is 9.97 Å². The third-order valence-corrected chi connectivity index (χ3v) is 4.28. The molecule has 0 saturated heterocycles. The lowest BCUT2D eigenvalue weighted by Gasteiger charge is -2.13. The van der Waals surface area contributed by atoms with Crippen LogP contribution in [0.5, 0.6) is 0 Å². The smallest absolute Gasteiger partial charge is 0.387 e. The number of halogens is 5. The van der Waals surface area contributed by atoms with Crippen molar-refractivity contribution in [2.45, 2.75) is 12.3 Å². The molecule has 1 aromatic heterocycles. The Morgan fingerprint density at radius 2 is 1.75 bits per heavy atom. The maximum absolute atomic E-state index is 12.9. The number of benzene rings is 2. The number of hydrogen-bond donors (Lipinski definition) is 2. The number of anilines is 1. The fourth-order valence-electron chi connectivity index (χ4n) is 2.52. The van der Waals surface area contributed by atoms with Gasteiger partial charge in [0.05, 0.1) is 22.4 Å². The molecule has 2 aromatic carbocycles. The van der Waals surface area contributed by atoms with E-state index in [0.717, 1.165) is 6.07 Å². The zero-order valence-corrected chi connectivity index (χ0v) is 15.0. The Labute approximate surface area is 162 Å². The summed E-state index contributed by atoms with van der Waals surface area (Å²) in [4.78, 5) is 8.06. The molecule has 0 spiro atoms. The number of alkyl halides is 3. The number of rotatable bonds is 5. The van der Waals surface area contributed by atoms with E-state index in [0.29, 0.717) is 22.6 Å². The van der Waals surface area contributed by atoms with E-state index in [2.05, 4.69) is 15.3 Å². The molecule has 0 fully saturated rings. The minimum atomic E-state index is -4.54. The molecule has 28 heavy (non-hydrogen) atoms. The third kappa shape index (κ3) is 4.76. The lowest BCUT2D eigenvalue weighted by atomic mass is 10.1. The predicted octanol–water partition coefficient (Wildman–Crippen LogP) is 5.10. The Kier molecular flexibility index (Phi) is 5.81. The zero-order chi connectivity index (χ0) is 20.3. The van der Waals surface area contributed by atoms with Gasteiger partial charge in [-0.15, -0.1) is 0 Å². The lowest BCUT2D eigenvalue weighted by molar-refractivity contribution is -0.137. The first-order valence-electron chi connectivity index (χ1n) is 8.10. The van der Waals surface area contributed by atoms with Gasteiger partial charge in [-0.05, 0) is 29.8 Å². The van der Waals surface area contributed by atoms with Crippen LogP contribution in [0, 0.1) is 5.82 Å². The summed E-state index contributed by atoms with van der Waals surface area (Å²) in [6.07, 6.45) is -4.20. The first-order valence-corrected chi connectivity index (χ1v) is 8.48. The molecule has 0 radical (unpaired) electrons. The molecule has 9 heteroatoms. The number of hydrogen-bond acceptors (Lipinski definition) is 4. The highest BCUT2D eigenvalue weighted by Gasteiger charge is 2.33. The average molecular weight is 412 g/mol. The molecule has 0 aliphatic heterocycles. The van der Waals surface area contributed by atoms with Gasteiger partial charge in [-0.25, -0.2) is 14.4 Å². The van der Waals surface area contributed by atoms with Crippen molar-refractivity contribution in [3.05, 3.63) is 76.8 Å². The van der Waals surface area contributed by atoms with Crippen LogP contribution in [0.2, 0.25) is 5.02 Å². The highest BCUT2D eigenvalue weighted by atomic mass is 35.5. The van der Waals surface area contributed by atoms with Crippen molar-refractivity contribution in [3.8, 4) is 11.3 Å². The summed E-state index contributed by atoms with van der Waals surface area (Å²) < 4.78 is 51.4. The van der Waals surface area contributed by atoms with E-state index in [9.17, 15) is 22.7 Å². The molecule has 0 amide bonds. The first-order chi connectivity index (χ1) is 13.2. The van der Waals surface area contributed by atoms with Gasteiger partial charge >= 0.3 is 6.18 Å². The summed E-state index contributed by atoms with van der Waals surface area (Å²) in [5, 5.41) is 12.6. The molecule has 3 aromatic rings. The monoisotopic (exact) mass is 411 g/mol. The van der Waals surface area contributed by atoms with Gasteiger partial charge in [0.2, 0.25) is 0 Å². The van der Waals surface area contributed by atoms with E-state index in [4.69, 9.17) is 11.6 Å². The molecule has 146 valence electrons. The van der Waals surface area contributed by atoms with Crippen molar-refractivity contribution < 1.29 is 22.7 Å². The normalized spacial score (nSPS) is 12.6. The van der Waals surface area contributed by atoms with Crippen LogP contribution in [0.1, 0.15) is 17.2 Å². The molecular formula is C19H14ClF4N3O. The Hall–Kier alpha value is -2.71. The van der Waals surface area contributed by atoms with Gasteiger partial charge in [0.1, 0.15) is 18.0 Å². The van der Waals surface area contributed by atoms with Gasteiger partial charge in [0, 0.05) is 18.2 Å². The van der Waals surface area contributed by atoms with Crippen LogP contribution < -0.4 is 5.32 Å². The second-order valence-corrected chi connectivity index (χ2v) is 6.34. The molecule has 4 nitrogen and oxygen atoms in total. The van der Waals surface area contributed by atoms with Crippen molar-refractivity contribution in [2.75, 3.05) is 11.9 Å². The van der Waals surface area contributed by atoms with E-state index in [1.807, 2.05) is 0 Å². The molecule has 0 saturated carbocycles. The fourth-order valence-corrected chi connectivity index (χ4v) is 2.81. The van der Waals surface area contributed by atoms with E-state index in [-0.39, 0.29) is 6.54 Å². The fraction of sp³-hybridized carbons (Fsp3) is 0.158. The van der Waals surface area contributed by atoms with Crippen molar-refractivity contribution in [3.63, 3.8) is 0 Å². The second kappa shape index (κ2) is 8.12. The molecule has 1 heterocycles. The maximum atomic E-state index is 12.9. The SMILES string of the molecule is OC(CNc1cc(-c2ccc(C(F)(F)F)c(Cl)c2)ncn1)c1ccc(F)cc1.